The van der Waals surface area contributed by atoms with Gasteiger partial charge in [0.2, 0.25) is 0 Å². The summed E-state index contributed by atoms with van der Waals surface area (Å²) in [6.45, 7) is 0. The number of nitrogens with zero attached hydrogens (tertiary/aromatic N) is 2. The predicted octanol–water partition coefficient (Wildman–Crippen LogP) is 7.71. The SMILES string of the molecule is c1ccc(-c2cc(Cc3cccc(-c4ccc5ccccc5n4)c3)cc3ccccc23)nc1. The molecular weight excluding hydrogens is 400 g/mol. The molecule has 6 aromatic rings. The second kappa shape index (κ2) is 8.33. The Morgan fingerprint density at radius 2 is 1.39 bits per heavy atom. The van der Waals surface area contributed by atoms with Crippen LogP contribution in [0.4, 0.5) is 0 Å². The number of aromatic nitrogens is 2. The summed E-state index contributed by atoms with van der Waals surface area (Å²) in [4.78, 5) is 9.50. The van der Waals surface area contributed by atoms with E-state index in [0.717, 1.165) is 34.3 Å². The number of pyridine rings is 2. The maximum atomic E-state index is 4.88. The second-order valence-electron chi connectivity index (χ2n) is 8.35. The van der Waals surface area contributed by atoms with Crippen molar-refractivity contribution in [3.05, 3.63) is 133 Å². The molecule has 0 spiro atoms. The molecule has 0 radical (unpaired) electrons. The number of hydrogen-bond acceptors (Lipinski definition) is 2. The number of benzene rings is 4. The lowest BCUT2D eigenvalue weighted by molar-refractivity contribution is 1.20. The van der Waals surface area contributed by atoms with Crippen molar-refractivity contribution >= 4 is 21.7 Å². The van der Waals surface area contributed by atoms with E-state index in [9.17, 15) is 0 Å². The summed E-state index contributed by atoms with van der Waals surface area (Å²) >= 11 is 0. The van der Waals surface area contributed by atoms with Crippen LogP contribution in [-0.4, -0.2) is 9.97 Å². The van der Waals surface area contributed by atoms with E-state index < -0.39 is 0 Å². The highest BCUT2D eigenvalue weighted by Gasteiger charge is 2.09. The van der Waals surface area contributed by atoms with Crippen molar-refractivity contribution in [1.29, 1.82) is 0 Å². The van der Waals surface area contributed by atoms with E-state index in [-0.39, 0.29) is 0 Å². The van der Waals surface area contributed by atoms with Crippen LogP contribution >= 0.6 is 0 Å². The Bertz CT molecular complexity index is 1590. The molecule has 0 saturated heterocycles. The Hall–Kier alpha value is -4.30. The Balaban J connectivity index is 1.39. The van der Waals surface area contributed by atoms with Gasteiger partial charge in [0.25, 0.3) is 0 Å². The van der Waals surface area contributed by atoms with Crippen molar-refractivity contribution in [2.24, 2.45) is 0 Å². The first-order chi connectivity index (χ1) is 16.3. The molecular formula is C31H22N2. The lowest BCUT2D eigenvalue weighted by Crippen LogP contribution is -1.93. The first-order valence-electron chi connectivity index (χ1n) is 11.2. The maximum Gasteiger partial charge on any atom is 0.0709 e. The summed E-state index contributed by atoms with van der Waals surface area (Å²) in [5, 5.41) is 3.63. The van der Waals surface area contributed by atoms with E-state index in [4.69, 9.17) is 4.98 Å². The molecule has 6 rings (SSSR count). The van der Waals surface area contributed by atoms with Gasteiger partial charge in [0.05, 0.1) is 16.9 Å². The topological polar surface area (TPSA) is 25.8 Å². The normalized spacial score (nSPS) is 11.2. The fourth-order valence-corrected chi connectivity index (χ4v) is 4.51. The lowest BCUT2D eigenvalue weighted by atomic mass is 9.94. The number of fused-ring (bicyclic) bond motifs is 2. The standard InChI is InChI=1S/C31H22N2/c1-3-12-27-25(10-1)20-23(21-28(27)31-14-5-6-17-32-31)18-22-8-7-11-26(19-22)30-16-15-24-9-2-4-13-29(24)33-30/h1-17,19-21H,18H2. The minimum atomic E-state index is 0.853. The van der Waals surface area contributed by atoms with Crippen molar-refractivity contribution in [1.82, 2.24) is 9.97 Å². The van der Waals surface area contributed by atoms with E-state index in [1.807, 2.05) is 30.5 Å². The average Bonchev–Trinajstić information content (AvgIpc) is 2.88. The van der Waals surface area contributed by atoms with Gasteiger partial charge in [-0.2, -0.15) is 0 Å². The predicted molar refractivity (Wildman–Crippen MR) is 137 cm³/mol. The Kier molecular flexibility index (Phi) is 4.89. The molecule has 0 fully saturated rings. The molecule has 33 heavy (non-hydrogen) atoms. The zero-order valence-corrected chi connectivity index (χ0v) is 18.1. The summed E-state index contributed by atoms with van der Waals surface area (Å²) in [6.07, 6.45) is 2.71. The third-order valence-electron chi connectivity index (χ3n) is 6.09. The van der Waals surface area contributed by atoms with Crippen LogP contribution in [0.5, 0.6) is 0 Å². The third kappa shape index (κ3) is 3.88. The van der Waals surface area contributed by atoms with Crippen molar-refractivity contribution < 1.29 is 0 Å². The number of para-hydroxylation sites is 1. The van der Waals surface area contributed by atoms with Gasteiger partial charge in [-0.1, -0.05) is 78.9 Å². The first kappa shape index (κ1) is 19.4. The zero-order chi connectivity index (χ0) is 22.0. The molecule has 2 heterocycles. The fraction of sp³-hybridized carbons (Fsp3) is 0.0323. The summed E-state index contributed by atoms with van der Waals surface area (Å²) < 4.78 is 0. The van der Waals surface area contributed by atoms with Gasteiger partial charge in [-0.25, -0.2) is 4.98 Å². The molecule has 0 bridgehead atoms. The van der Waals surface area contributed by atoms with Crippen LogP contribution in [0.3, 0.4) is 0 Å². The van der Waals surface area contributed by atoms with Crippen molar-refractivity contribution in [3.8, 4) is 22.5 Å². The molecule has 0 amide bonds. The number of rotatable bonds is 4. The fourth-order valence-electron chi connectivity index (χ4n) is 4.51. The summed E-state index contributed by atoms with van der Waals surface area (Å²) in [7, 11) is 0. The van der Waals surface area contributed by atoms with Gasteiger partial charge in [-0.05, 0) is 64.7 Å². The lowest BCUT2D eigenvalue weighted by Gasteiger charge is -2.11. The Morgan fingerprint density at radius 1 is 0.545 bits per heavy atom. The molecule has 0 aliphatic rings. The van der Waals surface area contributed by atoms with Crippen LogP contribution in [0.15, 0.2) is 121 Å². The Morgan fingerprint density at radius 3 is 2.30 bits per heavy atom. The van der Waals surface area contributed by atoms with Crippen LogP contribution in [0.2, 0.25) is 0 Å². The van der Waals surface area contributed by atoms with Gasteiger partial charge in [0.15, 0.2) is 0 Å². The zero-order valence-electron chi connectivity index (χ0n) is 18.1. The molecule has 2 heteroatoms. The Labute approximate surface area is 193 Å². The highest BCUT2D eigenvalue weighted by Crippen LogP contribution is 2.30. The summed E-state index contributed by atoms with van der Waals surface area (Å²) in [6, 6.07) is 40.4. The van der Waals surface area contributed by atoms with Crippen molar-refractivity contribution in [2.45, 2.75) is 6.42 Å². The van der Waals surface area contributed by atoms with Crippen LogP contribution in [0, 0.1) is 0 Å². The first-order valence-corrected chi connectivity index (χ1v) is 11.2. The molecule has 156 valence electrons. The van der Waals surface area contributed by atoms with Crippen LogP contribution in [-0.2, 0) is 6.42 Å². The van der Waals surface area contributed by atoms with Crippen LogP contribution in [0.1, 0.15) is 11.1 Å². The molecule has 0 atom stereocenters. The smallest absolute Gasteiger partial charge is 0.0709 e. The van der Waals surface area contributed by atoms with Gasteiger partial charge in [0.1, 0.15) is 0 Å². The van der Waals surface area contributed by atoms with Gasteiger partial charge in [0, 0.05) is 22.7 Å². The van der Waals surface area contributed by atoms with Gasteiger partial charge in [-0.15, -0.1) is 0 Å². The van der Waals surface area contributed by atoms with Crippen molar-refractivity contribution in [3.63, 3.8) is 0 Å². The largest absolute Gasteiger partial charge is 0.256 e. The van der Waals surface area contributed by atoms with Gasteiger partial charge >= 0.3 is 0 Å². The molecule has 0 unspecified atom stereocenters. The maximum absolute atomic E-state index is 4.88. The van der Waals surface area contributed by atoms with Crippen molar-refractivity contribution in [2.75, 3.05) is 0 Å². The third-order valence-corrected chi connectivity index (χ3v) is 6.09. The van der Waals surface area contributed by atoms with E-state index in [0.29, 0.717) is 0 Å². The molecule has 2 nitrogen and oxygen atoms in total. The molecule has 0 saturated carbocycles. The molecule has 0 aliphatic heterocycles. The highest BCUT2D eigenvalue weighted by molar-refractivity contribution is 5.96. The number of hydrogen-bond donors (Lipinski definition) is 0. The van der Waals surface area contributed by atoms with Gasteiger partial charge < -0.3 is 0 Å². The summed E-state index contributed by atoms with van der Waals surface area (Å²) in [5.74, 6) is 0. The molecule has 0 aliphatic carbocycles. The molecule has 2 aromatic heterocycles. The highest BCUT2D eigenvalue weighted by atomic mass is 14.7. The van der Waals surface area contributed by atoms with E-state index in [1.54, 1.807) is 0 Å². The minimum Gasteiger partial charge on any atom is -0.256 e. The van der Waals surface area contributed by atoms with E-state index in [1.165, 1.54) is 27.5 Å². The van der Waals surface area contributed by atoms with Crippen LogP contribution < -0.4 is 0 Å². The molecule has 4 aromatic carbocycles. The second-order valence-corrected chi connectivity index (χ2v) is 8.35. The van der Waals surface area contributed by atoms with Crippen LogP contribution in [0.25, 0.3) is 44.2 Å². The monoisotopic (exact) mass is 422 g/mol. The van der Waals surface area contributed by atoms with E-state index in [2.05, 4.69) is 96.0 Å². The molecule has 0 N–H and O–H groups in total. The van der Waals surface area contributed by atoms with E-state index >= 15 is 0 Å². The minimum absolute atomic E-state index is 0.853. The quantitative estimate of drug-likeness (QED) is 0.291. The summed E-state index contributed by atoms with van der Waals surface area (Å²) in [5.41, 5.74) is 7.89. The average molecular weight is 423 g/mol. The van der Waals surface area contributed by atoms with Gasteiger partial charge in [-0.3, -0.25) is 4.98 Å².